The van der Waals surface area contributed by atoms with E-state index in [-0.39, 0.29) is 0 Å². The summed E-state index contributed by atoms with van der Waals surface area (Å²) in [7, 11) is 0. The average Bonchev–Trinajstić information content (AvgIpc) is 2.44. The molecule has 0 aliphatic heterocycles. The molecule has 0 aromatic carbocycles. The number of aliphatic hydroxyl groups is 1. The Kier molecular flexibility index (Phi) is 4.61. The molecule has 0 unspecified atom stereocenters. The zero-order valence-electron chi connectivity index (χ0n) is 8.72. The maximum Gasteiger partial charge on any atom is 0.0701 e. The summed E-state index contributed by atoms with van der Waals surface area (Å²) in [4.78, 5) is 1.42. The third-order valence-corrected chi connectivity index (χ3v) is 3.77. The fraction of sp³-hybridized carbons (Fsp3) is 0.636. The molecule has 1 rings (SSSR count). The van der Waals surface area contributed by atoms with Gasteiger partial charge in [0.05, 0.1) is 9.39 Å². The van der Waals surface area contributed by atoms with Gasteiger partial charge in [0.15, 0.2) is 0 Å². The average molecular weight is 277 g/mol. The van der Waals surface area contributed by atoms with Gasteiger partial charge in [0, 0.05) is 4.88 Å². The van der Waals surface area contributed by atoms with Crippen molar-refractivity contribution in [3.05, 3.63) is 20.8 Å². The highest BCUT2D eigenvalue weighted by atomic mass is 79.9. The molecule has 0 bridgehead atoms. The molecule has 0 saturated heterocycles. The van der Waals surface area contributed by atoms with Gasteiger partial charge >= 0.3 is 0 Å². The van der Waals surface area contributed by atoms with Crippen LogP contribution in [0.1, 0.15) is 38.0 Å². The summed E-state index contributed by atoms with van der Waals surface area (Å²) >= 11 is 5.25. The molecule has 1 nitrogen and oxygen atoms in total. The summed E-state index contributed by atoms with van der Waals surface area (Å²) in [6.07, 6.45) is 4.28. The molecule has 0 aliphatic carbocycles. The number of hydrogen-bond acceptors (Lipinski definition) is 2. The van der Waals surface area contributed by atoms with Crippen molar-refractivity contribution in [1.29, 1.82) is 0 Å². The van der Waals surface area contributed by atoms with Crippen LogP contribution in [-0.4, -0.2) is 10.7 Å². The Labute approximate surface area is 98.3 Å². The van der Waals surface area contributed by atoms with Crippen LogP contribution in [-0.2, 0) is 6.42 Å². The van der Waals surface area contributed by atoms with Crippen LogP contribution in [0.2, 0.25) is 0 Å². The van der Waals surface area contributed by atoms with Crippen LogP contribution in [0.15, 0.2) is 15.9 Å². The maximum absolute atomic E-state index is 9.51. The Morgan fingerprint density at radius 2 is 2.07 bits per heavy atom. The van der Waals surface area contributed by atoms with Crippen LogP contribution in [0.3, 0.4) is 0 Å². The molecular formula is C11H17BrOS. The van der Waals surface area contributed by atoms with Gasteiger partial charge in [0.2, 0.25) is 0 Å². The number of halogens is 1. The van der Waals surface area contributed by atoms with E-state index in [1.807, 2.05) is 13.8 Å². The van der Waals surface area contributed by atoms with Gasteiger partial charge in [-0.3, -0.25) is 0 Å². The minimum atomic E-state index is -0.504. The highest BCUT2D eigenvalue weighted by molar-refractivity contribution is 9.11. The van der Waals surface area contributed by atoms with Crippen molar-refractivity contribution in [2.24, 2.45) is 0 Å². The van der Waals surface area contributed by atoms with Crippen LogP contribution in [0.5, 0.6) is 0 Å². The molecule has 0 amide bonds. The van der Waals surface area contributed by atoms with Crippen molar-refractivity contribution >= 4 is 27.3 Å². The van der Waals surface area contributed by atoms with Crippen molar-refractivity contribution in [1.82, 2.24) is 0 Å². The largest absolute Gasteiger partial charge is 0.390 e. The lowest BCUT2D eigenvalue weighted by Gasteiger charge is -2.16. The Morgan fingerprint density at radius 3 is 2.57 bits per heavy atom. The second-order valence-electron chi connectivity index (χ2n) is 4.23. The summed E-state index contributed by atoms with van der Waals surface area (Å²) < 4.78 is 1.20. The van der Waals surface area contributed by atoms with E-state index >= 15 is 0 Å². The fourth-order valence-electron chi connectivity index (χ4n) is 1.34. The van der Waals surface area contributed by atoms with Gasteiger partial charge in [-0.2, -0.15) is 0 Å². The summed E-state index contributed by atoms with van der Waals surface area (Å²) in [6, 6.07) is 4.26. The standard InChI is InChI=1S/C11H17BrOS/c1-11(2,13)8-4-3-5-9-6-7-10(12)14-9/h6-7,13H,3-5,8H2,1-2H3. The van der Waals surface area contributed by atoms with Gasteiger partial charge in [0.25, 0.3) is 0 Å². The van der Waals surface area contributed by atoms with E-state index in [1.165, 1.54) is 8.66 Å². The summed E-state index contributed by atoms with van der Waals surface area (Å²) in [5.41, 5.74) is -0.504. The van der Waals surface area contributed by atoms with Crippen molar-refractivity contribution in [2.75, 3.05) is 0 Å². The zero-order chi connectivity index (χ0) is 10.6. The molecule has 0 aliphatic rings. The predicted octanol–water partition coefficient (Wildman–Crippen LogP) is 3.99. The first-order valence-electron chi connectivity index (χ1n) is 4.94. The molecule has 80 valence electrons. The van der Waals surface area contributed by atoms with Gasteiger partial charge in [-0.05, 0) is 61.2 Å². The Bertz CT molecular complexity index is 275. The molecule has 3 heteroatoms. The molecule has 0 atom stereocenters. The summed E-state index contributed by atoms with van der Waals surface area (Å²) in [6.45, 7) is 3.74. The van der Waals surface area contributed by atoms with Gasteiger partial charge in [-0.25, -0.2) is 0 Å². The molecule has 0 saturated carbocycles. The molecular weight excluding hydrogens is 260 g/mol. The monoisotopic (exact) mass is 276 g/mol. The van der Waals surface area contributed by atoms with Crippen molar-refractivity contribution in [3.8, 4) is 0 Å². The van der Waals surface area contributed by atoms with E-state index in [2.05, 4.69) is 28.1 Å². The first kappa shape index (κ1) is 12.2. The van der Waals surface area contributed by atoms with Crippen molar-refractivity contribution < 1.29 is 5.11 Å². The van der Waals surface area contributed by atoms with Crippen LogP contribution in [0.25, 0.3) is 0 Å². The maximum atomic E-state index is 9.51. The lowest BCUT2D eigenvalue weighted by atomic mass is 10.0. The summed E-state index contributed by atoms with van der Waals surface area (Å²) in [5.74, 6) is 0. The van der Waals surface area contributed by atoms with Gasteiger partial charge in [0.1, 0.15) is 0 Å². The van der Waals surface area contributed by atoms with Crippen molar-refractivity contribution in [2.45, 2.75) is 45.1 Å². The topological polar surface area (TPSA) is 20.2 Å². The summed E-state index contributed by atoms with van der Waals surface area (Å²) in [5, 5.41) is 9.51. The predicted molar refractivity (Wildman–Crippen MR) is 65.9 cm³/mol. The second-order valence-corrected chi connectivity index (χ2v) is 6.77. The quantitative estimate of drug-likeness (QED) is 0.807. The van der Waals surface area contributed by atoms with Gasteiger partial charge in [-0.15, -0.1) is 11.3 Å². The van der Waals surface area contributed by atoms with E-state index in [9.17, 15) is 5.11 Å². The third-order valence-electron chi connectivity index (χ3n) is 2.09. The Hall–Kier alpha value is 0.140. The van der Waals surface area contributed by atoms with E-state index in [0.29, 0.717) is 0 Å². The van der Waals surface area contributed by atoms with Crippen LogP contribution in [0.4, 0.5) is 0 Å². The third kappa shape index (κ3) is 5.13. The van der Waals surface area contributed by atoms with Gasteiger partial charge < -0.3 is 5.11 Å². The molecule has 0 spiro atoms. The SMILES string of the molecule is CC(C)(O)CCCCc1ccc(Br)s1. The zero-order valence-corrected chi connectivity index (χ0v) is 11.1. The molecule has 0 radical (unpaired) electrons. The first-order valence-corrected chi connectivity index (χ1v) is 6.55. The normalized spacial score (nSPS) is 12.0. The van der Waals surface area contributed by atoms with E-state index in [0.717, 1.165) is 25.7 Å². The second kappa shape index (κ2) is 5.29. The van der Waals surface area contributed by atoms with Crippen LogP contribution in [0, 0.1) is 0 Å². The minimum absolute atomic E-state index is 0.504. The van der Waals surface area contributed by atoms with E-state index in [4.69, 9.17) is 0 Å². The highest BCUT2D eigenvalue weighted by Gasteiger charge is 2.11. The van der Waals surface area contributed by atoms with Crippen LogP contribution < -0.4 is 0 Å². The molecule has 1 N–H and O–H groups in total. The number of unbranched alkanes of at least 4 members (excludes halogenated alkanes) is 1. The first-order chi connectivity index (χ1) is 6.47. The Balaban J connectivity index is 2.16. The minimum Gasteiger partial charge on any atom is -0.390 e. The lowest BCUT2D eigenvalue weighted by Crippen LogP contribution is -2.17. The number of thiophene rings is 1. The molecule has 14 heavy (non-hydrogen) atoms. The Morgan fingerprint density at radius 1 is 1.36 bits per heavy atom. The molecule has 1 aromatic heterocycles. The highest BCUT2D eigenvalue weighted by Crippen LogP contribution is 2.24. The van der Waals surface area contributed by atoms with E-state index in [1.54, 1.807) is 11.3 Å². The van der Waals surface area contributed by atoms with E-state index < -0.39 is 5.60 Å². The molecule has 1 heterocycles. The smallest absolute Gasteiger partial charge is 0.0701 e. The van der Waals surface area contributed by atoms with Crippen molar-refractivity contribution in [3.63, 3.8) is 0 Å². The number of aryl methyl sites for hydroxylation is 1. The molecule has 0 fully saturated rings. The van der Waals surface area contributed by atoms with Crippen LogP contribution >= 0.6 is 27.3 Å². The van der Waals surface area contributed by atoms with Gasteiger partial charge in [-0.1, -0.05) is 6.42 Å². The number of hydrogen-bond donors (Lipinski definition) is 1. The molecule has 1 aromatic rings. The number of rotatable bonds is 5. The lowest BCUT2D eigenvalue weighted by molar-refractivity contribution is 0.0683. The fourth-order valence-corrected chi connectivity index (χ4v) is 2.87.